The third-order valence-electron chi connectivity index (χ3n) is 1.28. The van der Waals surface area contributed by atoms with E-state index < -0.39 is 0 Å². The van der Waals surface area contributed by atoms with Crippen molar-refractivity contribution in [3.63, 3.8) is 0 Å². The lowest BCUT2D eigenvalue weighted by Gasteiger charge is -2.01. The Balaban J connectivity index is 3.12. The molecule has 0 unspecified atom stereocenters. The zero-order chi connectivity index (χ0) is 8.27. The second-order valence-electron chi connectivity index (χ2n) is 1.99. The molecule has 0 saturated carbocycles. The third-order valence-corrected chi connectivity index (χ3v) is 1.28. The third kappa shape index (κ3) is 1.39. The molecule has 0 bridgehead atoms. The number of nitrogens with one attached hydrogen (secondary N) is 1. The van der Waals surface area contributed by atoms with Crippen molar-refractivity contribution in [3.8, 4) is 11.8 Å². The summed E-state index contributed by atoms with van der Waals surface area (Å²) >= 11 is 0. The summed E-state index contributed by atoms with van der Waals surface area (Å²) in [5.41, 5.74) is 3.10. The van der Waals surface area contributed by atoms with Gasteiger partial charge >= 0.3 is 0 Å². The number of aromatic hydroxyl groups is 1. The van der Waals surface area contributed by atoms with Crippen molar-refractivity contribution in [1.82, 2.24) is 0 Å². The van der Waals surface area contributed by atoms with E-state index >= 15 is 0 Å². The van der Waals surface area contributed by atoms with Crippen LogP contribution in [0, 0.1) is 11.3 Å². The van der Waals surface area contributed by atoms with Gasteiger partial charge in [0, 0.05) is 0 Å². The average molecular weight is 149 g/mol. The molecule has 0 aliphatic rings. The fourth-order valence-corrected chi connectivity index (χ4v) is 0.723. The van der Waals surface area contributed by atoms with E-state index in [1.165, 1.54) is 12.1 Å². The maximum atomic E-state index is 9.13. The van der Waals surface area contributed by atoms with Gasteiger partial charge in [-0.2, -0.15) is 5.26 Å². The number of nitrogens with zero attached hydrogens (tertiary/aromatic N) is 1. The number of nitrogens with two attached hydrogens (primary N) is 1. The summed E-state index contributed by atoms with van der Waals surface area (Å²) in [6.07, 6.45) is 0. The van der Waals surface area contributed by atoms with Gasteiger partial charge in [-0.05, 0) is 18.2 Å². The molecule has 4 N–H and O–H groups in total. The Kier molecular flexibility index (Phi) is 1.95. The molecule has 0 aliphatic heterocycles. The number of nitriles is 1. The topological polar surface area (TPSA) is 82.1 Å². The monoisotopic (exact) mass is 149 g/mol. The number of hydrogen-bond acceptors (Lipinski definition) is 4. The lowest BCUT2D eigenvalue weighted by Crippen LogP contribution is -2.06. The highest BCUT2D eigenvalue weighted by Gasteiger charge is 1.98. The number of phenolic OH excluding ortho intramolecular Hbond substituents is 1. The quantitative estimate of drug-likeness (QED) is 0.309. The van der Waals surface area contributed by atoms with Crippen molar-refractivity contribution in [1.29, 1.82) is 5.26 Å². The van der Waals surface area contributed by atoms with E-state index in [-0.39, 0.29) is 5.75 Å². The fraction of sp³-hybridized carbons (Fsp3) is 0. The molecule has 4 nitrogen and oxygen atoms in total. The average Bonchev–Trinajstić information content (AvgIpc) is 2.04. The van der Waals surface area contributed by atoms with Gasteiger partial charge in [-0.3, -0.25) is 5.84 Å². The first-order valence-corrected chi connectivity index (χ1v) is 2.97. The van der Waals surface area contributed by atoms with Gasteiger partial charge in [0.2, 0.25) is 0 Å². The number of nitrogen functional groups attached to an aromatic ring is 1. The number of hydrogen-bond donors (Lipinski definition) is 3. The largest absolute Gasteiger partial charge is 0.506 e. The van der Waals surface area contributed by atoms with Crippen LogP contribution < -0.4 is 11.3 Å². The Morgan fingerprint density at radius 2 is 2.27 bits per heavy atom. The molecular weight excluding hydrogens is 142 g/mol. The summed E-state index contributed by atoms with van der Waals surface area (Å²) in [5, 5.41) is 17.5. The minimum Gasteiger partial charge on any atom is -0.506 e. The van der Waals surface area contributed by atoms with Crippen molar-refractivity contribution in [2.24, 2.45) is 5.84 Å². The van der Waals surface area contributed by atoms with Crippen molar-refractivity contribution in [3.05, 3.63) is 23.8 Å². The number of hydrazine groups is 1. The van der Waals surface area contributed by atoms with E-state index in [9.17, 15) is 0 Å². The smallest absolute Gasteiger partial charge is 0.141 e. The first-order chi connectivity index (χ1) is 5.27. The van der Waals surface area contributed by atoms with E-state index in [0.29, 0.717) is 11.3 Å². The number of phenols is 1. The zero-order valence-electron chi connectivity index (χ0n) is 5.70. The van der Waals surface area contributed by atoms with Crippen LogP contribution in [0.15, 0.2) is 18.2 Å². The molecule has 1 rings (SSSR count). The molecule has 0 radical (unpaired) electrons. The predicted molar refractivity (Wildman–Crippen MR) is 40.6 cm³/mol. The van der Waals surface area contributed by atoms with E-state index in [2.05, 4.69) is 5.43 Å². The summed E-state index contributed by atoms with van der Waals surface area (Å²) in [6.45, 7) is 0. The predicted octanol–water partition coefficient (Wildman–Crippen LogP) is 0.549. The molecule has 4 heteroatoms. The Labute approximate surface area is 63.8 Å². The van der Waals surface area contributed by atoms with Crippen LogP contribution in [-0.2, 0) is 0 Å². The van der Waals surface area contributed by atoms with Gasteiger partial charge in [0.15, 0.2) is 0 Å². The second kappa shape index (κ2) is 2.90. The molecule has 0 spiro atoms. The summed E-state index contributed by atoms with van der Waals surface area (Å²) in [6, 6.07) is 6.33. The van der Waals surface area contributed by atoms with Crippen LogP contribution in [0.25, 0.3) is 0 Å². The van der Waals surface area contributed by atoms with Gasteiger partial charge in [-0.25, -0.2) is 0 Å². The van der Waals surface area contributed by atoms with E-state index in [1.807, 2.05) is 6.07 Å². The Bertz CT molecular complexity index is 303. The molecule has 0 amide bonds. The SMILES string of the molecule is N#Cc1ccc(NN)c(O)c1. The molecule has 0 aromatic heterocycles. The van der Waals surface area contributed by atoms with Crippen LogP contribution >= 0.6 is 0 Å². The van der Waals surface area contributed by atoms with Crippen LogP contribution in [-0.4, -0.2) is 5.11 Å². The molecule has 0 aliphatic carbocycles. The standard InChI is InChI=1S/C7H7N3O/c8-4-5-1-2-6(10-9)7(11)3-5/h1-3,10-11H,9H2. The molecule has 0 saturated heterocycles. The molecule has 0 heterocycles. The maximum Gasteiger partial charge on any atom is 0.141 e. The molecule has 1 aromatic carbocycles. The second-order valence-corrected chi connectivity index (χ2v) is 1.99. The summed E-state index contributed by atoms with van der Waals surface area (Å²) < 4.78 is 0. The van der Waals surface area contributed by atoms with Gasteiger partial charge < -0.3 is 10.5 Å². The minimum atomic E-state index is -0.0217. The Hall–Kier alpha value is -1.73. The first-order valence-electron chi connectivity index (χ1n) is 2.97. The van der Waals surface area contributed by atoms with Gasteiger partial charge in [0.1, 0.15) is 5.75 Å². The fourth-order valence-electron chi connectivity index (χ4n) is 0.723. The first kappa shape index (κ1) is 7.38. The highest BCUT2D eigenvalue weighted by atomic mass is 16.3. The van der Waals surface area contributed by atoms with Gasteiger partial charge in [0.05, 0.1) is 17.3 Å². The van der Waals surface area contributed by atoms with Crippen LogP contribution in [0.4, 0.5) is 5.69 Å². The van der Waals surface area contributed by atoms with E-state index in [1.54, 1.807) is 6.07 Å². The van der Waals surface area contributed by atoms with Crippen molar-refractivity contribution in [2.75, 3.05) is 5.43 Å². The van der Waals surface area contributed by atoms with Crippen LogP contribution in [0.5, 0.6) is 5.75 Å². The van der Waals surface area contributed by atoms with Crippen molar-refractivity contribution >= 4 is 5.69 Å². The number of anilines is 1. The Morgan fingerprint density at radius 1 is 1.55 bits per heavy atom. The lowest BCUT2D eigenvalue weighted by atomic mass is 10.2. The van der Waals surface area contributed by atoms with Crippen molar-refractivity contribution < 1.29 is 5.11 Å². The van der Waals surface area contributed by atoms with Crippen LogP contribution in [0.1, 0.15) is 5.56 Å². The number of rotatable bonds is 1. The maximum absolute atomic E-state index is 9.13. The summed E-state index contributed by atoms with van der Waals surface area (Å²) in [7, 11) is 0. The zero-order valence-corrected chi connectivity index (χ0v) is 5.70. The Morgan fingerprint density at radius 3 is 2.73 bits per heavy atom. The molecular formula is C7H7N3O. The van der Waals surface area contributed by atoms with Gasteiger partial charge in [-0.1, -0.05) is 0 Å². The summed E-state index contributed by atoms with van der Waals surface area (Å²) in [5.74, 6) is 5.03. The van der Waals surface area contributed by atoms with Crippen LogP contribution in [0.2, 0.25) is 0 Å². The molecule has 1 aromatic rings. The van der Waals surface area contributed by atoms with Crippen LogP contribution in [0.3, 0.4) is 0 Å². The highest BCUT2D eigenvalue weighted by Crippen LogP contribution is 2.22. The number of benzene rings is 1. The van der Waals surface area contributed by atoms with Crippen molar-refractivity contribution in [2.45, 2.75) is 0 Å². The van der Waals surface area contributed by atoms with Gasteiger partial charge in [-0.15, -0.1) is 0 Å². The molecule has 0 atom stereocenters. The minimum absolute atomic E-state index is 0.0217. The lowest BCUT2D eigenvalue weighted by molar-refractivity contribution is 0.477. The molecule has 0 fully saturated rings. The molecule has 56 valence electrons. The van der Waals surface area contributed by atoms with E-state index in [4.69, 9.17) is 16.2 Å². The van der Waals surface area contributed by atoms with Gasteiger partial charge in [0.25, 0.3) is 0 Å². The molecule has 11 heavy (non-hydrogen) atoms. The van der Waals surface area contributed by atoms with E-state index in [0.717, 1.165) is 0 Å². The summed E-state index contributed by atoms with van der Waals surface area (Å²) in [4.78, 5) is 0. The normalized spacial score (nSPS) is 8.73. The highest BCUT2D eigenvalue weighted by molar-refractivity contribution is 5.57.